The van der Waals surface area contributed by atoms with E-state index in [-0.39, 0.29) is 5.54 Å². The highest BCUT2D eigenvalue weighted by atomic mass is 16.5. The summed E-state index contributed by atoms with van der Waals surface area (Å²) in [4.78, 5) is 0. The Kier molecular flexibility index (Phi) is 3.50. The predicted molar refractivity (Wildman–Crippen MR) is 70.6 cm³/mol. The lowest BCUT2D eigenvalue weighted by Crippen LogP contribution is -2.56. The van der Waals surface area contributed by atoms with Gasteiger partial charge in [0.2, 0.25) is 0 Å². The number of ether oxygens (including phenoxy) is 3. The Hall–Kier alpha value is -1.26. The molecule has 1 aliphatic rings. The Morgan fingerprint density at radius 3 is 2.22 bits per heavy atom. The monoisotopic (exact) mass is 251 g/mol. The van der Waals surface area contributed by atoms with Crippen molar-refractivity contribution in [1.29, 1.82) is 0 Å². The minimum absolute atomic E-state index is 0.156. The molecule has 4 heteroatoms. The van der Waals surface area contributed by atoms with Crippen LogP contribution in [0, 0.1) is 13.8 Å². The Balaban J connectivity index is 2.61. The number of methoxy groups -OCH3 is 2. The third-order valence-electron chi connectivity index (χ3n) is 3.91. The molecule has 2 rings (SSSR count). The van der Waals surface area contributed by atoms with Gasteiger partial charge in [-0.1, -0.05) is 0 Å². The smallest absolute Gasteiger partial charge is 0.127 e. The van der Waals surface area contributed by atoms with Gasteiger partial charge in [-0.25, -0.2) is 0 Å². The molecule has 0 bridgehead atoms. The van der Waals surface area contributed by atoms with E-state index < -0.39 is 0 Å². The van der Waals surface area contributed by atoms with Crippen molar-refractivity contribution in [2.75, 3.05) is 34.5 Å². The molecule has 1 saturated heterocycles. The van der Waals surface area contributed by atoms with Crippen LogP contribution in [0.1, 0.15) is 16.7 Å². The first-order valence-corrected chi connectivity index (χ1v) is 6.09. The maximum atomic E-state index is 5.59. The molecule has 18 heavy (non-hydrogen) atoms. The molecule has 0 unspecified atom stereocenters. The lowest BCUT2D eigenvalue weighted by Gasteiger charge is -2.42. The molecular weight excluding hydrogens is 230 g/mol. The van der Waals surface area contributed by atoms with E-state index in [1.165, 1.54) is 0 Å². The van der Waals surface area contributed by atoms with Crippen LogP contribution in [0.4, 0.5) is 0 Å². The summed E-state index contributed by atoms with van der Waals surface area (Å²) in [7, 11) is 5.35. The Bertz CT molecular complexity index is 447. The van der Waals surface area contributed by atoms with Crippen LogP contribution in [-0.4, -0.2) is 34.5 Å². The van der Waals surface area contributed by atoms with E-state index in [0.29, 0.717) is 13.2 Å². The van der Waals surface area contributed by atoms with E-state index in [9.17, 15) is 0 Å². The molecule has 1 N–H and O–H groups in total. The lowest BCUT2D eigenvalue weighted by atomic mass is 9.85. The van der Waals surface area contributed by atoms with Crippen molar-refractivity contribution in [2.45, 2.75) is 19.4 Å². The van der Waals surface area contributed by atoms with Crippen LogP contribution >= 0.6 is 0 Å². The molecule has 0 saturated carbocycles. The summed E-state index contributed by atoms with van der Waals surface area (Å²) in [6, 6.07) is 2.06. The zero-order chi connectivity index (χ0) is 13.3. The van der Waals surface area contributed by atoms with E-state index in [0.717, 1.165) is 28.2 Å². The largest absolute Gasteiger partial charge is 0.496 e. The molecule has 1 aromatic carbocycles. The Morgan fingerprint density at radius 2 is 1.83 bits per heavy atom. The first kappa shape index (κ1) is 13.2. The maximum absolute atomic E-state index is 5.59. The molecule has 4 nitrogen and oxygen atoms in total. The van der Waals surface area contributed by atoms with Crippen molar-refractivity contribution < 1.29 is 14.2 Å². The van der Waals surface area contributed by atoms with Crippen LogP contribution in [0.15, 0.2) is 6.07 Å². The van der Waals surface area contributed by atoms with Crippen LogP contribution in [-0.2, 0) is 10.3 Å². The van der Waals surface area contributed by atoms with E-state index in [2.05, 4.69) is 18.3 Å². The highest BCUT2D eigenvalue weighted by Gasteiger charge is 2.42. The quantitative estimate of drug-likeness (QED) is 0.885. The summed E-state index contributed by atoms with van der Waals surface area (Å²) in [5.41, 5.74) is 3.19. The first-order valence-electron chi connectivity index (χ1n) is 6.09. The Labute approximate surface area is 108 Å². The second-order valence-electron chi connectivity index (χ2n) is 4.73. The average Bonchev–Trinajstić information content (AvgIpc) is 2.33. The van der Waals surface area contributed by atoms with Crippen LogP contribution in [0.5, 0.6) is 11.5 Å². The summed E-state index contributed by atoms with van der Waals surface area (Å²) in [5.74, 6) is 1.82. The summed E-state index contributed by atoms with van der Waals surface area (Å²) in [5, 5.41) is 3.34. The summed E-state index contributed by atoms with van der Waals surface area (Å²) in [6.45, 7) is 5.42. The lowest BCUT2D eigenvalue weighted by molar-refractivity contribution is -0.0757. The van der Waals surface area contributed by atoms with Gasteiger partial charge in [-0.3, -0.25) is 0 Å². The zero-order valence-electron chi connectivity index (χ0n) is 11.7. The number of hydrogen-bond acceptors (Lipinski definition) is 4. The summed E-state index contributed by atoms with van der Waals surface area (Å²) >= 11 is 0. The molecule has 0 amide bonds. The van der Waals surface area contributed by atoms with Gasteiger partial charge in [-0.2, -0.15) is 0 Å². The SMILES string of the molecule is CNC1(c2cc(OC)c(C)c(C)c2OC)COC1. The van der Waals surface area contributed by atoms with Crippen LogP contribution in [0.25, 0.3) is 0 Å². The van der Waals surface area contributed by atoms with Crippen molar-refractivity contribution in [1.82, 2.24) is 5.32 Å². The number of likely N-dealkylation sites (N-methyl/N-ethyl adjacent to an activating group) is 1. The normalized spacial score (nSPS) is 17.2. The average molecular weight is 251 g/mol. The van der Waals surface area contributed by atoms with Crippen molar-refractivity contribution in [3.8, 4) is 11.5 Å². The first-order chi connectivity index (χ1) is 8.59. The summed E-state index contributed by atoms with van der Waals surface area (Å²) < 4.78 is 16.4. The molecule has 100 valence electrons. The van der Waals surface area contributed by atoms with Crippen LogP contribution in [0.3, 0.4) is 0 Å². The highest BCUT2D eigenvalue weighted by molar-refractivity contribution is 5.55. The molecule has 1 fully saturated rings. The second-order valence-corrected chi connectivity index (χ2v) is 4.73. The number of hydrogen-bond donors (Lipinski definition) is 1. The van der Waals surface area contributed by atoms with Crippen molar-refractivity contribution >= 4 is 0 Å². The minimum atomic E-state index is -0.156. The molecule has 0 radical (unpaired) electrons. The highest BCUT2D eigenvalue weighted by Crippen LogP contribution is 2.41. The second kappa shape index (κ2) is 4.78. The molecule has 1 aliphatic heterocycles. The predicted octanol–water partition coefficient (Wildman–Crippen LogP) is 1.77. The molecule has 0 spiro atoms. The van der Waals surface area contributed by atoms with Crippen molar-refractivity contribution in [2.24, 2.45) is 0 Å². The van der Waals surface area contributed by atoms with Gasteiger partial charge in [0.25, 0.3) is 0 Å². The van der Waals surface area contributed by atoms with Gasteiger partial charge in [0.1, 0.15) is 11.5 Å². The fourth-order valence-corrected chi connectivity index (χ4v) is 2.43. The van der Waals surface area contributed by atoms with Gasteiger partial charge in [-0.05, 0) is 38.1 Å². The number of rotatable bonds is 4. The van der Waals surface area contributed by atoms with Crippen LogP contribution in [0.2, 0.25) is 0 Å². The molecule has 1 heterocycles. The third-order valence-corrected chi connectivity index (χ3v) is 3.91. The van der Waals surface area contributed by atoms with E-state index in [4.69, 9.17) is 14.2 Å². The van der Waals surface area contributed by atoms with Crippen LogP contribution < -0.4 is 14.8 Å². The fourth-order valence-electron chi connectivity index (χ4n) is 2.43. The number of benzene rings is 1. The van der Waals surface area contributed by atoms with Gasteiger partial charge in [0.15, 0.2) is 0 Å². The van der Waals surface area contributed by atoms with E-state index in [1.54, 1.807) is 14.2 Å². The summed E-state index contributed by atoms with van der Waals surface area (Å²) in [6.07, 6.45) is 0. The molecule has 0 aliphatic carbocycles. The standard InChI is InChI=1S/C14H21NO3/c1-9-10(2)13(17-5)11(6-12(9)16-4)14(15-3)7-18-8-14/h6,15H,7-8H2,1-5H3. The van der Waals surface area contributed by atoms with Gasteiger partial charge in [0, 0.05) is 5.56 Å². The number of nitrogens with one attached hydrogen (secondary N) is 1. The van der Waals surface area contributed by atoms with E-state index in [1.807, 2.05) is 14.0 Å². The van der Waals surface area contributed by atoms with Gasteiger partial charge >= 0.3 is 0 Å². The molecule has 0 aromatic heterocycles. The zero-order valence-corrected chi connectivity index (χ0v) is 11.7. The van der Waals surface area contributed by atoms with Gasteiger partial charge in [-0.15, -0.1) is 0 Å². The third kappa shape index (κ3) is 1.76. The van der Waals surface area contributed by atoms with Gasteiger partial charge in [0.05, 0.1) is 33.0 Å². The van der Waals surface area contributed by atoms with Crippen molar-refractivity contribution in [3.05, 3.63) is 22.8 Å². The fraction of sp³-hybridized carbons (Fsp3) is 0.571. The minimum Gasteiger partial charge on any atom is -0.496 e. The molecular formula is C14H21NO3. The molecule has 0 atom stereocenters. The molecule has 1 aromatic rings. The van der Waals surface area contributed by atoms with Crippen molar-refractivity contribution in [3.63, 3.8) is 0 Å². The van der Waals surface area contributed by atoms with E-state index >= 15 is 0 Å². The Morgan fingerprint density at radius 1 is 1.17 bits per heavy atom. The maximum Gasteiger partial charge on any atom is 0.127 e. The van der Waals surface area contributed by atoms with Gasteiger partial charge < -0.3 is 19.5 Å². The topological polar surface area (TPSA) is 39.7 Å².